The second-order valence-electron chi connectivity index (χ2n) is 5.03. The Morgan fingerprint density at radius 2 is 2.16 bits per heavy atom. The predicted octanol–water partition coefficient (Wildman–Crippen LogP) is 1.37. The molecule has 1 heterocycles. The first-order chi connectivity index (χ1) is 8.88. The molecule has 2 fully saturated rings. The van der Waals surface area contributed by atoms with Gasteiger partial charge in [-0.3, -0.25) is 4.99 Å². The molecule has 0 aromatic heterocycles. The summed E-state index contributed by atoms with van der Waals surface area (Å²) in [4.78, 5) is 4.18. The van der Waals surface area contributed by atoms with Gasteiger partial charge < -0.3 is 20.1 Å². The molecule has 5 nitrogen and oxygen atoms in total. The third-order valence-electron chi connectivity index (χ3n) is 3.33. The lowest BCUT2D eigenvalue weighted by atomic mass is 10.2. The van der Waals surface area contributed by atoms with E-state index in [9.17, 15) is 0 Å². The lowest BCUT2D eigenvalue weighted by Crippen LogP contribution is -2.42. The zero-order valence-electron chi connectivity index (χ0n) is 11.7. The van der Waals surface area contributed by atoms with E-state index in [0.717, 1.165) is 51.2 Å². The molecule has 112 valence electrons. The van der Waals surface area contributed by atoms with Crippen LogP contribution >= 0.6 is 24.0 Å². The van der Waals surface area contributed by atoms with E-state index in [-0.39, 0.29) is 24.0 Å². The molecule has 2 aliphatic rings. The quantitative estimate of drug-likeness (QED) is 0.302. The van der Waals surface area contributed by atoms with Crippen molar-refractivity contribution in [2.75, 3.05) is 40.0 Å². The van der Waals surface area contributed by atoms with E-state index in [0.29, 0.717) is 6.10 Å². The Hall–Kier alpha value is -0.0800. The van der Waals surface area contributed by atoms with Crippen LogP contribution in [0.25, 0.3) is 0 Å². The normalized spacial score (nSPS) is 23.0. The van der Waals surface area contributed by atoms with Gasteiger partial charge in [-0.05, 0) is 31.6 Å². The van der Waals surface area contributed by atoms with Crippen LogP contribution in [-0.2, 0) is 9.47 Å². The second kappa shape index (κ2) is 9.77. The highest BCUT2D eigenvalue weighted by Crippen LogP contribution is 2.28. The number of nitrogens with one attached hydrogen (secondary N) is 2. The molecule has 0 bridgehead atoms. The minimum absolute atomic E-state index is 0. The van der Waals surface area contributed by atoms with Crippen LogP contribution in [0.1, 0.15) is 25.7 Å². The SMILES string of the molecule is CN=C(NCCOCC1CC1)NCC1CCCO1.I. The van der Waals surface area contributed by atoms with Crippen molar-refractivity contribution in [1.29, 1.82) is 0 Å². The number of aliphatic imine (C=N–C) groups is 1. The molecule has 2 rings (SSSR count). The lowest BCUT2D eigenvalue weighted by molar-refractivity contribution is 0.113. The van der Waals surface area contributed by atoms with E-state index in [1.807, 2.05) is 0 Å². The van der Waals surface area contributed by atoms with Gasteiger partial charge in [0.2, 0.25) is 0 Å². The summed E-state index contributed by atoms with van der Waals surface area (Å²) in [6.45, 7) is 4.20. The monoisotopic (exact) mass is 383 g/mol. The van der Waals surface area contributed by atoms with Gasteiger partial charge in [0.1, 0.15) is 0 Å². The molecule has 19 heavy (non-hydrogen) atoms. The first-order valence-corrected chi connectivity index (χ1v) is 7.02. The summed E-state index contributed by atoms with van der Waals surface area (Å²) in [5, 5.41) is 6.53. The van der Waals surface area contributed by atoms with Gasteiger partial charge in [0.15, 0.2) is 5.96 Å². The number of halogens is 1. The molecule has 0 spiro atoms. The lowest BCUT2D eigenvalue weighted by Gasteiger charge is -2.15. The summed E-state index contributed by atoms with van der Waals surface area (Å²) in [5.74, 6) is 1.67. The van der Waals surface area contributed by atoms with Crippen LogP contribution in [0.3, 0.4) is 0 Å². The van der Waals surface area contributed by atoms with E-state index in [4.69, 9.17) is 9.47 Å². The van der Waals surface area contributed by atoms with Crippen LogP contribution in [0.5, 0.6) is 0 Å². The van der Waals surface area contributed by atoms with Gasteiger partial charge in [-0.1, -0.05) is 0 Å². The number of nitrogens with zero attached hydrogens (tertiary/aromatic N) is 1. The third-order valence-corrected chi connectivity index (χ3v) is 3.33. The largest absolute Gasteiger partial charge is 0.379 e. The summed E-state index contributed by atoms with van der Waals surface area (Å²) >= 11 is 0. The highest BCUT2D eigenvalue weighted by atomic mass is 127. The topological polar surface area (TPSA) is 54.9 Å². The molecule has 1 saturated heterocycles. The van der Waals surface area contributed by atoms with E-state index in [1.54, 1.807) is 7.05 Å². The molecular weight excluding hydrogens is 357 g/mol. The van der Waals surface area contributed by atoms with Crippen molar-refractivity contribution in [3.63, 3.8) is 0 Å². The Morgan fingerprint density at radius 1 is 1.32 bits per heavy atom. The number of hydrogen-bond acceptors (Lipinski definition) is 3. The third kappa shape index (κ3) is 7.31. The van der Waals surface area contributed by atoms with Crippen molar-refractivity contribution in [3.8, 4) is 0 Å². The van der Waals surface area contributed by atoms with E-state index < -0.39 is 0 Å². The first-order valence-electron chi connectivity index (χ1n) is 7.02. The van der Waals surface area contributed by atoms with Gasteiger partial charge in [-0.2, -0.15) is 0 Å². The van der Waals surface area contributed by atoms with Crippen LogP contribution in [0, 0.1) is 5.92 Å². The maximum absolute atomic E-state index is 5.56. The molecule has 6 heteroatoms. The molecule has 1 aliphatic carbocycles. The summed E-state index contributed by atoms with van der Waals surface area (Å²) < 4.78 is 11.1. The smallest absolute Gasteiger partial charge is 0.191 e. The summed E-state index contributed by atoms with van der Waals surface area (Å²) in [7, 11) is 1.79. The first kappa shape index (κ1) is 17.0. The molecule has 2 N–H and O–H groups in total. The molecule has 1 atom stereocenters. The maximum Gasteiger partial charge on any atom is 0.191 e. The average molecular weight is 383 g/mol. The molecule has 0 aromatic carbocycles. The highest BCUT2D eigenvalue weighted by Gasteiger charge is 2.20. The van der Waals surface area contributed by atoms with Crippen LogP contribution in [0.4, 0.5) is 0 Å². The fraction of sp³-hybridized carbons (Fsp3) is 0.923. The van der Waals surface area contributed by atoms with Crippen molar-refractivity contribution in [1.82, 2.24) is 10.6 Å². The molecule has 1 saturated carbocycles. The minimum Gasteiger partial charge on any atom is -0.379 e. The van der Waals surface area contributed by atoms with Crippen molar-refractivity contribution in [3.05, 3.63) is 0 Å². The van der Waals surface area contributed by atoms with Gasteiger partial charge in [-0.25, -0.2) is 0 Å². The van der Waals surface area contributed by atoms with E-state index >= 15 is 0 Å². The summed E-state index contributed by atoms with van der Waals surface area (Å²) in [5.41, 5.74) is 0. The van der Waals surface area contributed by atoms with Gasteiger partial charge >= 0.3 is 0 Å². The summed E-state index contributed by atoms with van der Waals surface area (Å²) in [6.07, 6.45) is 5.35. The fourth-order valence-corrected chi connectivity index (χ4v) is 2.01. The van der Waals surface area contributed by atoms with Crippen molar-refractivity contribution >= 4 is 29.9 Å². The Labute approximate surface area is 132 Å². The Morgan fingerprint density at radius 3 is 2.79 bits per heavy atom. The summed E-state index contributed by atoms with van der Waals surface area (Å²) in [6, 6.07) is 0. The Kier molecular flexibility index (Phi) is 8.72. The molecule has 0 amide bonds. The zero-order valence-corrected chi connectivity index (χ0v) is 14.0. The predicted molar refractivity (Wildman–Crippen MR) is 87.3 cm³/mol. The standard InChI is InChI=1S/C13H25N3O2.HI/c1-14-13(16-9-12-3-2-7-18-12)15-6-8-17-10-11-4-5-11;/h11-12H,2-10H2,1H3,(H2,14,15,16);1H. The van der Waals surface area contributed by atoms with Gasteiger partial charge in [-0.15, -0.1) is 24.0 Å². The Balaban J connectivity index is 0.00000180. The van der Waals surface area contributed by atoms with Crippen molar-refractivity contribution < 1.29 is 9.47 Å². The fourth-order valence-electron chi connectivity index (χ4n) is 2.01. The van der Waals surface area contributed by atoms with E-state index in [2.05, 4.69) is 15.6 Å². The van der Waals surface area contributed by atoms with Crippen LogP contribution in [-0.4, -0.2) is 52.0 Å². The van der Waals surface area contributed by atoms with Crippen LogP contribution < -0.4 is 10.6 Å². The van der Waals surface area contributed by atoms with Crippen LogP contribution in [0.15, 0.2) is 4.99 Å². The average Bonchev–Trinajstić information content (AvgIpc) is 3.06. The Bertz CT molecular complexity index is 267. The molecule has 0 aromatic rings. The minimum atomic E-state index is 0. The molecule has 1 aliphatic heterocycles. The van der Waals surface area contributed by atoms with Crippen LogP contribution in [0.2, 0.25) is 0 Å². The molecule has 1 unspecified atom stereocenters. The second-order valence-corrected chi connectivity index (χ2v) is 5.03. The number of rotatable bonds is 7. The van der Waals surface area contributed by atoms with Gasteiger partial charge in [0.05, 0.1) is 12.7 Å². The van der Waals surface area contributed by atoms with Gasteiger partial charge in [0.25, 0.3) is 0 Å². The maximum atomic E-state index is 5.56. The highest BCUT2D eigenvalue weighted by molar-refractivity contribution is 14.0. The molecule has 0 radical (unpaired) electrons. The number of guanidine groups is 1. The van der Waals surface area contributed by atoms with E-state index in [1.165, 1.54) is 19.3 Å². The molecular formula is C13H26IN3O2. The van der Waals surface area contributed by atoms with Crippen molar-refractivity contribution in [2.45, 2.75) is 31.8 Å². The zero-order chi connectivity index (χ0) is 12.6. The number of hydrogen-bond donors (Lipinski definition) is 2. The van der Waals surface area contributed by atoms with Gasteiger partial charge in [0, 0.05) is 33.4 Å². The number of ether oxygens (including phenoxy) is 2. The van der Waals surface area contributed by atoms with Crippen molar-refractivity contribution in [2.24, 2.45) is 10.9 Å².